The van der Waals surface area contributed by atoms with Gasteiger partial charge in [0.05, 0.1) is 36.8 Å². The number of rotatable bonds is 10. The van der Waals surface area contributed by atoms with Crippen LogP contribution in [0.15, 0.2) is 35.6 Å². The summed E-state index contributed by atoms with van der Waals surface area (Å²) >= 11 is 0. The molecule has 0 aliphatic carbocycles. The van der Waals surface area contributed by atoms with E-state index in [1.54, 1.807) is 15.5 Å². The van der Waals surface area contributed by atoms with E-state index in [1.165, 1.54) is 24.4 Å². The van der Waals surface area contributed by atoms with Gasteiger partial charge in [-0.15, -0.1) is 0 Å². The second kappa shape index (κ2) is 10.8. The molecule has 1 atom stereocenters. The largest absolute Gasteiger partial charge is 0.376 e. The first-order chi connectivity index (χ1) is 15.6. The van der Waals surface area contributed by atoms with Crippen LogP contribution in [-0.2, 0) is 38.2 Å². The number of sulfone groups is 1. The molecule has 2 heterocycles. The fraction of sp³-hybridized carbons (Fsp3) is 0.583. The molecule has 0 N–H and O–H groups in total. The van der Waals surface area contributed by atoms with Gasteiger partial charge in [0.2, 0.25) is 20.9 Å². The van der Waals surface area contributed by atoms with Gasteiger partial charge in [0, 0.05) is 24.6 Å². The van der Waals surface area contributed by atoms with Crippen LogP contribution in [0.25, 0.3) is 0 Å². The second-order valence-electron chi connectivity index (χ2n) is 9.34. The molecular weight excluding hydrogens is 445 g/mol. The third-order valence-electron chi connectivity index (χ3n) is 5.75. The number of carbonyl (C=O) groups is 1. The smallest absolute Gasteiger partial charge is 0.228 e. The van der Waals surface area contributed by atoms with Crippen LogP contribution in [0.5, 0.6) is 0 Å². The van der Waals surface area contributed by atoms with Crippen LogP contribution in [0.3, 0.4) is 0 Å². The first-order valence-electron chi connectivity index (χ1n) is 11.5. The highest BCUT2D eigenvalue weighted by Gasteiger charge is 2.29. The molecule has 3 rings (SSSR count). The third-order valence-corrected chi connectivity index (χ3v) is 7.33. The Morgan fingerprint density at radius 2 is 2.00 bits per heavy atom. The molecule has 7 nitrogen and oxygen atoms in total. The fourth-order valence-electron chi connectivity index (χ4n) is 4.04. The highest BCUT2D eigenvalue weighted by molar-refractivity contribution is 7.90. The normalized spacial score (nSPS) is 16.6. The average Bonchev–Trinajstić information content (AvgIpc) is 3.37. The Bertz CT molecular complexity index is 1060. The number of nitrogens with zero attached hydrogens (tertiary/aromatic N) is 3. The molecule has 0 saturated carbocycles. The average molecular weight is 480 g/mol. The number of aromatic nitrogens is 2. The van der Waals surface area contributed by atoms with Crippen molar-refractivity contribution in [1.29, 1.82) is 0 Å². The van der Waals surface area contributed by atoms with E-state index in [9.17, 15) is 17.6 Å². The van der Waals surface area contributed by atoms with Gasteiger partial charge in [-0.1, -0.05) is 32.0 Å². The Hall–Kier alpha value is -2.26. The Morgan fingerprint density at radius 3 is 2.61 bits per heavy atom. The van der Waals surface area contributed by atoms with Gasteiger partial charge in [0.25, 0.3) is 0 Å². The van der Waals surface area contributed by atoms with Crippen molar-refractivity contribution < 1.29 is 22.3 Å². The monoisotopic (exact) mass is 479 g/mol. The van der Waals surface area contributed by atoms with Crippen LogP contribution < -0.4 is 0 Å². The van der Waals surface area contributed by atoms with E-state index in [4.69, 9.17) is 4.74 Å². The molecule has 1 aromatic heterocycles. The zero-order valence-corrected chi connectivity index (χ0v) is 20.6. The topological polar surface area (TPSA) is 81.5 Å². The molecule has 0 spiro atoms. The van der Waals surface area contributed by atoms with Gasteiger partial charge >= 0.3 is 0 Å². The van der Waals surface area contributed by atoms with Gasteiger partial charge in [0.1, 0.15) is 5.82 Å². The summed E-state index contributed by atoms with van der Waals surface area (Å²) in [5.74, 6) is -0.821. The van der Waals surface area contributed by atoms with Crippen LogP contribution in [-0.4, -0.2) is 47.5 Å². The van der Waals surface area contributed by atoms with Crippen LogP contribution in [0.2, 0.25) is 0 Å². The summed E-state index contributed by atoms with van der Waals surface area (Å²) < 4.78 is 48.1. The van der Waals surface area contributed by atoms with E-state index in [1.807, 2.05) is 27.7 Å². The number of hydrogen-bond acceptors (Lipinski definition) is 5. The Morgan fingerprint density at radius 1 is 1.27 bits per heavy atom. The maximum absolute atomic E-state index is 14.2. The number of hydrogen-bond donors (Lipinski definition) is 0. The van der Waals surface area contributed by atoms with Gasteiger partial charge in [-0.05, 0) is 38.7 Å². The number of carbonyl (C=O) groups excluding carboxylic acids is 1. The molecule has 0 bridgehead atoms. The summed E-state index contributed by atoms with van der Waals surface area (Å²) in [4.78, 5) is 18.8. The van der Waals surface area contributed by atoms with E-state index in [0.29, 0.717) is 25.3 Å². The van der Waals surface area contributed by atoms with Gasteiger partial charge < -0.3 is 14.2 Å². The maximum Gasteiger partial charge on any atom is 0.228 e. The summed E-state index contributed by atoms with van der Waals surface area (Å²) in [6, 6.07) is 5.79. The van der Waals surface area contributed by atoms with E-state index < -0.39 is 21.4 Å². The molecule has 9 heteroatoms. The second-order valence-corrected chi connectivity index (χ2v) is 11.2. The minimum Gasteiger partial charge on any atom is -0.376 e. The highest BCUT2D eigenvalue weighted by Crippen LogP contribution is 2.24. The van der Waals surface area contributed by atoms with E-state index in [-0.39, 0.29) is 41.2 Å². The molecule has 0 unspecified atom stereocenters. The molecule has 1 aliphatic heterocycles. The molecule has 2 aromatic rings. The van der Waals surface area contributed by atoms with Crippen molar-refractivity contribution in [3.05, 3.63) is 47.5 Å². The van der Waals surface area contributed by atoms with E-state index in [2.05, 4.69) is 4.98 Å². The number of halogens is 1. The quantitative estimate of drug-likeness (QED) is 0.515. The standard InChI is InChI=1S/C24H34FN3O4S/c1-17(2)12-23(29)27(18(3)4)14-20-13-26-24(28(20)15-21-9-7-11-32-21)33(30,31)16-19-8-5-6-10-22(19)25/h5-6,8,10,13,17-18,21H,7,9,11-12,14-16H2,1-4H3/t21-/m1/s1. The SMILES string of the molecule is CC(C)CC(=O)N(Cc1cnc(S(=O)(=O)Cc2ccccc2F)n1C[C@H]1CCCO1)C(C)C. The molecule has 1 aliphatic rings. The van der Waals surface area contributed by atoms with E-state index in [0.717, 1.165) is 12.8 Å². The van der Waals surface area contributed by atoms with Crippen LogP contribution in [0, 0.1) is 11.7 Å². The molecule has 1 aromatic carbocycles. The van der Waals surface area contributed by atoms with Gasteiger partial charge in [-0.3, -0.25) is 4.79 Å². The van der Waals surface area contributed by atoms with E-state index >= 15 is 0 Å². The molecular formula is C24H34FN3O4S. The summed E-state index contributed by atoms with van der Waals surface area (Å²) in [6.45, 7) is 9.07. The summed E-state index contributed by atoms with van der Waals surface area (Å²) in [7, 11) is -3.93. The summed E-state index contributed by atoms with van der Waals surface area (Å²) in [5, 5.41) is -0.115. The fourth-order valence-corrected chi connectivity index (χ4v) is 5.55. The molecule has 33 heavy (non-hydrogen) atoms. The highest BCUT2D eigenvalue weighted by atomic mass is 32.2. The molecule has 0 radical (unpaired) electrons. The summed E-state index contributed by atoms with van der Waals surface area (Å²) in [6.07, 6.45) is 3.54. The van der Waals surface area contributed by atoms with Crippen LogP contribution in [0.1, 0.15) is 58.2 Å². The lowest BCUT2D eigenvalue weighted by Gasteiger charge is -2.28. The first kappa shape index (κ1) is 25.4. The van der Waals surface area contributed by atoms with Crippen molar-refractivity contribution in [3.63, 3.8) is 0 Å². The minimum absolute atomic E-state index is 0.0145. The Labute approximate surface area is 195 Å². The van der Waals surface area contributed by atoms with Crippen molar-refractivity contribution in [2.45, 2.75) is 83.1 Å². The molecule has 1 amide bonds. The van der Waals surface area contributed by atoms with Gasteiger partial charge in [0.15, 0.2) is 0 Å². The van der Waals surface area contributed by atoms with Crippen LogP contribution >= 0.6 is 0 Å². The zero-order valence-electron chi connectivity index (χ0n) is 19.8. The molecule has 1 saturated heterocycles. The van der Waals surface area contributed by atoms with Crippen molar-refractivity contribution in [2.75, 3.05) is 6.61 Å². The maximum atomic E-state index is 14.2. The number of imidazole rings is 1. The first-order valence-corrected chi connectivity index (χ1v) is 13.1. The predicted octanol–water partition coefficient (Wildman–Crippen LogP) is 3.96. The lowest BCUT2D eigenvalue weighted by atomic mass is 10.1. The molecule has 1 fully saturated rings. The zero-order chi connectivity index (χ0) is 24.2. The number of amides is 1. The lowest BCUT2D eigenvalue weighted by molar-refractivity contribution is -0.134. The lowest BCUT2D eigenvalue weighted by Crippen LogP contribution is -2.38. The van der Waals surface area contributed by atoms with Gasteiger partial charge in [-0.2, -0.15) is 0 Å². The van der Waals surface area contributed by atoms with Crippen molar-refractivity contribution in [2.24, 2.45) is 5.92 Å². The van der Waals surface area contributed by atoms with Crippen LogP contribution in [0.4, 0.5) is 4.39 Å². The van der Waals surface area contributed by atoms with Crippen molar-refractivity contribution in [3.8, 4) is 0 Å². The van der Waals surface area contributed by atoms with Gasteiger partial charge in [-0.25, -0.2) is 17.8 Å². The van der Waals surface area contributed by atoms with Crippen molar-refractivity contribution >= 4 is 15.7 Å². The molecule has 182 valence electrons. The van der Waals surface area contributed by atoms with Crippen molar-refractivity contribution in [1.82, 2.24) is 14.5 Å². The minimum atomic E-state index is -3.93. The summed E-state index contributed by atoms with van der Waals surface area (Å²) in [5.41, 5.74) is 0.727. The Balaban J connectivity index is 1.95. The number of benzene rings is 1. The predicted molar refractivity (Wildman–Crippen MR) is 124 cm³/mol. The Kier molecular flexibility index (Phi) is 8.28. The number of ether oxygens (including phenoxy) is 1. The third kappa shape index (κ3) is 6.41.